The number of aromatic nitrogens is 2. The smallest absolute Gasteiger partial charge is 0.232 e. The van der Waals surface area contributed by atoms with E-state index in [0.717, 1.165) is 37.8 Å². The van der Waals surface area contributed by atoms with E-state index in [1.165, 1.54) is 31.2 Å². The highest BCUT2D eigenvalue weighted by molar-refractivity contribution is 7.80. The first-order chi connectivity index (χ1) is 14.6. The Kier molecular flexibility index (Phi) is 6.67. The molecule has 0 amide bonds. The minimum absolute atomic E-state index is 0.107. The van der Waals surface area contributed by atoms with Crippen LogP contribution in [-0.2, 0) is 0 Å². The molecule has 1 aromatic heterocycles. The fourth-order valence-electron chi connectivity index (χ4n) is 4.30. The Bertz CT molecular complexity index is 852. The van der Waals surface area contributed by atoms with Crippen LogP contribution in [-0.4, -0.2) is 41.3 Å². The molecule has 160 valence electrons. The van der Waals surface area contributed by atoms with Crippen molar-refractivity contribution in [2.75, 3.05) is 41.3 Å². The topological polar surface area (TPSA) is 56.3 Å². The number of nitrogens with zero attached hydrogens (tertiary/aromatic N) is 4. The summed E-state index contributed by atoms with van der Waals surface area (Å²) >= 11 is 5.58. The maximum Gasteiger partial charge on any atom is 0.232 e. The van der Waals surface area contributed by atoms with Gasteiger partial charge in [-0.25, -0.2) is 0 Å². The lowest BCUT2D eigenvalue weighted by Crippen LogP contribution is -2.36. The van der Waals surface area contributed by atoms with Crippen molar-refractivity contribution >= 4 is 34.9 Å². The summed E-state index contributed by atoms with van der Waals surface area (Å²) in [5.41, 5.74) is 1.19. The molecular weight excluding hydrogens is 392 g/mol. The van der Waals surface area contributed by atoms with Gasteiger partial charge in [-0.3, -0.25) is 0 Å². The van der Waals surface area contributed by atoms with Crippen LogP contribution in [0.2, 0.25) is 0 Å². The summed E-state index contributed by atoms with van der Waals surface area (Å²) in [5, 5.41) is 7.14. The highest BCUT2D eigenvalue weighted by atomic mass is 32.1. The lowest BCUT2D eigenvalue weighted by Gasteiger charge is -2.32. The maximum absolute atomic E-state index is 5.58. The van der Waals surface area contributed by atoms with Crippen LogP contribution in [0.5, 0.6) is 0 Å². The van der Waals surface area contributed by atoms with Gasteiger partial charge in [-0.15, -0.1) is 0 Å². The largest absolute Gasteiger partial charge is 0.356 e. The van der Waals surface area contributed by atoms with Crippen molar-refractivity contribution < 1.29 is 0 Å². The normalized spacial score (nSPS) is 20.1. The number of hydrogen-bond acceptors (Lipinski definition) is 5. The van der Waals surface area contributed by atoms with Crippen LogP contribution in [0.15, 0.2) is 36.4 Å². The number of nitrogens with one attached hydrogen (secondary N) is 2. The first-order valence-corrected chi connectivity index (χ1v) is 11.5. The number of hydrogen-bond donors (Lipinski definition) is 2. The minimum Gasteiger partial charge on any atom is -0.356 e. The van der Waals surface area contributed by atoms with Crippen molar-refractivity contribution in [1.82, 2.24) is 15.3 Å². The van der Waals surface area contributed by atoms with E-state index in [1.54, 1.807) is 0 Å². The lowest BCUT2D eigenvalue weighted by atomic mass is 10.0. The predicted octanol–water partition coefficient (Wildman–Crippen LogP) is 4.36. The zero-order valence-corrected chi connectivity index (χ0v) is 18.8. The average Bonchev–Trinajstić information content (AvgIpc) is 3.29. The van der Waals surface area contributed by atoms with Gasteiger partial charge in [0.05, 0.1) is 6.04 Å². The van der Waals surface area contributed by atoms with Gasteiger partial charge in [-0.2, -0.15) is 9.97 Å². The SMILES string of the molecule is C[C@@H]1CCCN(c2cc(N3CCCC3)nc(NC(=S)N[C@H](C)c3ccccc3)n2)C1. The van der Waals surface area contributed by atoms with Gasteiger partial charge in [0.15, 0.2) is 5.11 Å². The van der Waals surface area contributed by atoms with Crippen LogP contribution in [0, 0.1) is 5.92 Å². The second-order valence-electron chi connectivity index (χ2n) is 8.53. The first-order valence-electron chi connectivity index (χ1n) is 11.1. The van der Waals surface area contributed by atoms with Crippen LogP contribution >= 0.6 is 12.2 Å². The molecule has 1 aromatic carbocycles. The van der Waals surface area contributed by atoms with E-state index < -0.39 is 0 Å². The van der Waals surface area contributed by atoms with Gasteiger partial charge in [0.1, 0.15) is 11.6 Å². The van der Waals surface area contributed by atoms with Gasteiger partial charge in [0.25, 0.3) is 0 Å². The van der Waals surface area contributed by atoms with Crippen LogP contribution in [0.3, 0.4) is 0 Å². The second kappa shape index (κ2) is 9.60. The van der Waals surface area contributed by atoms with Gasteiger partial charge >= 0.3 is 0 Å². The van der Waals surface area contributed by atoms with Gasteiger partial charge < -0.3 is 20.4 Å². The molecule has 4 rings (SSSR count). The van der Waals surface area contributed by atoms with Crippen molar-refractivity contribution in [2.45, 2.75) is 45.6 Å². The molecule has 30 heavy (non-hydrogen) atoms. The zero-order valence-electron chi connectivity index (χ0n) is 18.0. The number of rotatable bonds is 5. The Morgan fingerprint density at radius 3 is 2.40 bits per heavy atom. The van der Waals surface area contributed by atoms with E-state index in [9.17, 15) is 0 Å². The molecule has 2 aliphatic heterocycles. The van der Waals surface area contributed by atoms with Gasteiger partial charge in [0.2, 0.25) is 5.95 Å². The summed E-state index contributed by atoms with van der Waals surface area (Å²) < 4.78 is 0. The average molecular weight is 425 g/mol. The Labute approximate surface area is 185 Å². The van der Waals surface area contributed by atoms with Crippen molar-refractivity contribution in [2.24, 2.45) is 5.92 Å². The number of piperidine rings is 1. The molecule has 2 N–H and O–H groups in total. The zero-order chi connectivity index (χ0) is 20.9. The molecule has 6 nitrogen and oxygen atoms in total. The summed E-state index contributed by atoms with van der Waals surface area (Å²) in [7, 11) is 0. The monoisotopic (exact) mass is 424 g/mol. The van der Waals surface area contributed by atoms with Gasteiger partial charge in [-0.05, 0) is 56.3 Å². The summed E-state index contributed by atoms with van der Waals surface area (Å²) in [4.78, 5) is 14.4. The third kappa shape index (κ3) is 5.19. The fourth-order valence-corrected chi connectivity index (χ4v) is 4.57. The molecule has 2 aromatic rings. The summed E-state index contributed by atoms with van der Waals surface area (Å²) in [6.45, 7) is 8.63. The van der Waals surface area contributed by atoms with E-state index in [-0.39, 0.29) is 6.04 Å². The maximum atomic E-state index is 5.58. The highest BCUT2D eigenvalue weighted by Gasteiger charge is 2.22. The van der Waals surface area contributed by atoms with E-state index in [0.29, 0.717) is 17.0 Å². The Hall–Kier alpha value is -2.41. The number of anilines is 3. The van der Waals surface area contributed by atoms with Crippen molar-refractivity contribution in [3.8, 4) is 0 Å². The number of benzene rings is 1. The molecule has 2 atom stereocenters. The number of thiocarbonyl (C=S) groups is 1. The molecule has 0 unspecified atom stereocenters. The van der Waals surface area contributed by atoms with Crippen LogP contribution in [0.4, 0.5) is 17.6 Å². The highest BCUT2D eigenvalue weighted by Crippen LogP contribution is 2.27. The van der Waals surface area contributed by atoms with Crippen molar-refractivity contribution in [1.29, 1.82) is 0 Å². The van der Waals surface area contributed by atoms with Crippen molar-refractivity contribution in [3.05, 3.63) is 42.0 Å². The molecule has 2 aliphatic rings. The fraction of sp³-hybridized carbons (Fsp3) is 0.522. The minimum atomic E-state index is 0.107. The first kappa shape index (κ1) is 20.8. The summed E-state index contributed by atoms with van der Waals surface area (Å²) in [6, 6.07) is 12.6. The van der Waals surface area contributed by atoms with Crippen molar-refractivity contribution in [3.63, 3.8) is 0 Å². The Morgan fingerprint density at radius 1 is 1.03 bits per heavy atom. The van der Waals surface area contributed by atoms with E-state index in [1.807, 2.05) is 18.2 Å². The van der Waals surface area contributed by atoms with Gasteiger partial charge in [0, 0.05) is 32.2 Å². The standard InChI is InChI=1S/C23H32N6S/c1-17-9-8-14-29(16-17)21-15-20(28-12-6-7-13-28)25-22(26-21)27-23(30)24-18(2)19-10-4-3-5-11-19/h3-5,10-11,15,17-18H,6-9,12-14,16H2,1-2H3,(H2,24,25,26,27,30)/t17-,18-/m1/s1. The van der Waals surface area contributed by atoms with E-state index >= 15 is 0 Å². The summed E-state index contributed by atoms with van der Waals surface area (Å²) in [6.07, 6.45) is 4.94. The third-order valence-electron chi connectivity index (χ3n) is 5.98. The predicted molar refractivity (Wildman–Crippen MR) is 128 cm³/mol. The quantitative estimate of drug-likeness (QED) is 0.692. The molecule has 2 saturated heterocycles. The molecule has 0 radical (unpaired) electrons. The molecular formula is C23H32N6S. The van der Waals surface area contributed by atoms with E-state index in [2.05, 4.69) is 52.5 Å². The lowest BCUT2D eigenvalue weighted by molar-refractivity contribution is 0.444. The third-order valence-corrected chi connectivity index (χ3v) is 6.20. The van der Waals surface area contributed by atoms with E-state index in [4.69, 9.17) is 22.2 Å². The molecule has 0 bridgehead atoms. The molecule has 0 aliphatic carbocycles. The Balaban J connectivity index is 1.51. The second-order valence-corrected chi connectivity index (χ2v) is 8.93. The van der Waals surface area contributed by atoms with Crippen LogP contribution < -0.4 is 20.4 Å². The molecule has 3 heterocycles. The molecule has 0 spiro atoms. The summed E-state index contributed by atoms with van der Waals surface area (Å²) in [5.74, 6) is 3.26. The molecule has 0 saturated carbocycles. The van der Waals surface area contributed by atoms with Crippen LogP contribution in [0.25, 0.3) is 0 Å². The molecule has 2 fully saturated rings. The molecule has 7 heteroatoms. The Morgan fingerprint density at radius 2 is 1.70 bits per heavy atom. The van der Waals surface area contributed by atoms with Gasteiger partial charge in [-0.1, -0.05) is 37.3 Å². The van der Waals surface area contributed by atoms with Crippen LogP contribution in [0.1, 0.15) is 51.1 Å².